The second kappa shape index (κ2) is 5.14. The summed E-state index contributed by atoms with van der Waals surface area (Å²) in [5, 5.41) is 10.1. The number of hydrogen-bond acceptors (Lipinski definition) is 6. The maximum Gasteiger partial charge on any atom is 0.312 e. The minimum absolute atomic E-state index is 0.423. The fourth-order valence-corrected chi connectivity index (χ4v) is 4.31. The molecule has 7 heteroatoms. The van der Waals surface area contributed by atoms with Crippen molar-refractivity contribution >= 4 is 33.8 Å². The molecule has 2 heterocycles. The van der Waals surface area contributed by atoms with E-state index in [1.165, 1.54) is 4.88 Å². The van der Waals surface area contributed by atoms with Crippen LogP contribution in [0.3, 0.4) is 0 Å². The van der Waals surface area contributed by atoms with E-state index in [2.05, 4.69) is 14.9 Å². The van der Waals surface area contributed by atoms with E-state index in [-0.39, 0.29) is 0 Å². The van der Waals surface area contributed by atoms with Gasteiger partial charge in [0.2, 0.25) is 0 Å². The number of carboxylic acid groups (broad SMARTS) is 1. The summed E-state index contributed by atoms with van der Waals surface area (Å²) < 4.78 is 0. The van der Waals surface area contributed by atoms with Crippen molar-refractivity contribution in [3.8, 4) is 0 Å². The van der Waals surface area contributed by atoms with Crippen LogP contribution in [0.5, 0.6) is 0 Å². The molecule has 2 aromatic rings. The van der Waals surface area contributed by atoms with E-state index in [9.17, 15) is 9.90 Å². The number of hydrogen-bond donors (Lipinski definition) is 1. The second-order valence-corrected chi connectivity index (χ2v) is 6.95. The fraction of sp³-hybridized carbons (Fsp3) is 0.462. The number of thiazole rings is 2. The molecule has 0 saturated carbocycles. The summed E-state index contributed by atoms with van der Waals surface area (Å²) in [5.41, 5.74) is 3.67. The molecule has 0 radical (unpaired) electrons. The van der Waals surface area contributed by atoms with Crippen LogP contribution in [-0.2, 0) is 17.8 Å². The smallest absolute Gasteiger partial charge is 0.312 e. The monoisotopic (exact) mass is 309 g/mol. The van der Waals surface area contributed by atoms with Crippen molar-refractivity contribution in [2.75, 3.05) is 11.9 Å². The Bertz CT molecular complexity index is 650. The predicted molar refractivity (Wildman–Crippen MR) is 79.8 cm³/mol. The number of fused-ring (bicyclic) bond motifs is 1. The van der Waals surface area contributed by atoms with Gasteiger partial charge in [-0.3, -0.25) is 4.79 Å². The van der Waals surface area contributed by atoms with E-state index in [4.69, 9.17) is 0 Å². The molecule has 1 N–H and O–H groups in total. The summed E-state index contributed by atoms with van der Waals surface area (Å²) in [6, 6.07) is 0. The zero-order chi connectivity index (χ0) is 14.3. The highest BCUT2D eigenvalue weighted by molar-refractivity contribution is 7.15. The van der Waals surface area contributed by atoms with E-state index < -0.39 is 11.9 Å². The number of carboxylic acids is 1. The molecule has 0 amide bonds. The lowest BCUT2D eigenvalue weighted by atomic mass is 10.1. The summed E-state index contributed by atoms with van der Waals surface area (Å²) in [4.78, 5) is 24.4. The van der Waals surface area contributed by atoms with Gasteiger partial charge < -0.3 is 10.0 Å². The van der Waals surface area contributed by atoms with Crippen LogP contribution in [0, 0.1) is 6.92 Å². The van der Waals surface area contributed by atoms with Gasteiger partial charge in [-0.1, -0.05) is 0 Å². The summed E-state index contributed by atoms with van der Waals surface area (Å²) in [7, 11) is 1.99. The maximum absolute atomic E-state index is 11.2. The molecular weight excluding hydrogens is 294 g/mol. The number of carbonyl (C=O) groups is 1. The third-order valence-electron chi connectivity index (χ3n) is 3.56. The van der Waals surface area contributed by atoms with E-state index in [1.54, 1.807) is 22.7 Å². The number of aryl methyl sites for hydroxylation is 2. The number of nitrogens with zero attached hydrogens (tertiary/aromatic N) is 3. The van der Waals surface area contributed by atoms with Crippen LogP contribution in [-0.4, -0.2) is 28.1 Å². The standard InChI is InChI=1S/C13H15N3O2S2/c1-7-10(19-6-14-7)5-16(2)13-15-11-8(12(17)18)3-4-9(11)20-13/h6,8H,3-5H2,1-2H3,(H,17,18). The minimum atomic E-state index is -0.762. The Kier molecular flexibility index (Phi) is 3.47. The van der Waals surface area contributed by atoms with E-state index in [1.807, 2.05) is 19.5 Å². The molecule has 5 nitrogen and oxygen atoms in total. The van der Waals surface area contributed by atoms with Crippen molar-refractivity contribution in [2.24, 2.45) is 0 Å². The molecule has 0 saturated heterocycles. The van der Waals surface area contributed by atoms with Gasteiger partial charge in [0.05, 0.1) is 23.4 Å². The van der Waals surface area contributed by atoms with Crippen molar-refractivity contribution in [1.29, 1.82) is 0 Å². The van der Waals surface area contributed by atoms with Crippen LogP contribution < -0.4 is 4.90 Å². The average Bonchev–Trinajstić information content (AvgIpc) is 3.04. The maximum atomic E-state index is 11.2. The first-order valence-electron chi connectivity index (χ1n) is 6.38. The van der Waals surface area contributed by atoms with E-state index in [0.717, 1.165) is 34.4 Å². The zero-order valence-electron chi connectivity index (χ0n) is 11.3. The highest BCUT2D eigenvalue weighted by atomic mass is 32.1. The molecule has 1 atom stereocenters. The number of aromatic nitrogens is 2. The van der Waals surface area contributed by atoms with Crippen LogP contribution in [0.25, 0.3) is 0 Å². The molecule has 1 aliphatic carbocycles. The number of rotatable bonds is 4. The van der Waals surface area contributed by atoms with Crippen LogP contribution in [0.15, 0.2) is 5.51 Å². The van der Waals surface area contributed by atoms with Crippen molar-refractivity contribution < 1.29 is 9.90 Å². The van der Waals surface area contributed by atoms with Crippen molar-refractivity contribution in [3.63, 3.8) is 0 Å². The summed E-state index contributed by atoms with van der Waals surface area (Å²) in [5.74, 6) is -1.19. The molecular formula is C13H15N3O2S2. The Hall–Kier alpha value is -1.47. The van der Waals surface area contributed by atoms with Gasteiger partial charge in [-0.15, -0.1) is 22.7 Å². The van der Waals surface area contributed by atoms with Gasteiger partial charge in [0.15, 0.2) is 5.13 Å². The number of anilines is 1. The molecule has 0 aliphatic heterocycles. The van der Waals surface area contributed by atoms with Crippen molar-refractivity contribution in [1.82, 2.24) is 9.97 Å². The average molecular weight is 309 g/mol. The topological polar surface area (TPSA) is 66.3 Å². The lowest BCUT2D eigenvalue weighted by molar-refractivity contribution is -0.138. The van der Waals surface area contributed by atoms with Crippen LogP contribution in [0.1, 0.15) is 33.5 Å². The first kappa shape index (κ1) is 13.5. The van der Waals surface area contributed by atoms with Crippen LogP contribution in [0.4, 0.5) is 5.13 Å². The molecule has 20 heavy (non-hydrogen) atoms. The zero-order valence-corrected chi connectivity index (χ0v) is 12.9. The predicted octanol–water partition coefficient (Wildman–Crippen LogP) is 2.66. The van der Waals surface area contributed by atoms with Gasteiger partial charge in [0.25, 0.3) is 0 Å². The SMILES string of the molecule is Cc1ncsc1CN(C)c1nc2c(s1)CCC2C(=O)O. The van der Waals surface area contributed by atoms with Crippen molar-refractivity contribution in [3.05, 3.63) is 26.7 Å². The molecule has 106 valence electrons. The third kappa shape index (κ3) is 2.31. The highest BCUT2D eigenvalue weighted by Crippen LogP contribution is 2.39. The first-order valence-corrected chi connectivity index (χ1v) is 8.08. The van der Waals surface area contributed by atoms with Crippen molar-refractivity contribution in [2.45, 2.75) is 32.2 Å². The minimum Gasteiger partial charge on any atom is -0.481 e. The van der Waals surface area contributed by atoms with Gasteiger partial charge in [0.1, 0.15) is 5.92 Å². The number of aliphatic carboxylic acids is 1. The molecule has 1 unspecified atom stereocenters. The second-order valence-electron chi connectivity index (χ2n) is 4.95. The Morgan fingerprint density at radius 1 is 1.60 bits per heavy atom. The Morgan fingerprint density at radius 3 is 3.05 bits per heavy atom. The Balaban J connectivity index is 1.80. The molecule has 0 aromatic carbocycles. The van der Waals surface area contributed by atoms with Gasteiger partial charge in [0, 0.05) is 16.8 Å². The summed E-state index contributed by atoms with van der Waals surface area (Å²) in [6.07, 6.45) is 1.51. The normalized spacial score (nSPS) is 17.2. The molecule has 3 rings (SSSR count). The Labute approximate surface area is 124 Å². The van der Waals surface area contributed by atoms with E-state index >= 15 is 0 Å². The molecule has 2 aromatic heterocycles. The molecule has 0 fully saturated rings. The Morgan fingerprint density at radius 2 is 2.40 bits per heavy atom. The van der Waals surface area contributed by atoms with Gasteiger partial charge in [-0.2, -0.15) is 0 Å². The lowest BCUT2D eigenvalue weighted by Crippen LogP contribution is -2.16. The highest BCUT2D eigenvalue weighted by Gasteiger charge is 2.32. The first-order chi connectivity index (χ1) is 9.56. The van der Waals surface area contributed by atoms with Gasteiger partial charge in [-0.05, 0) is 19.8 Å². The lowest BCUT2D eigenvalue weighted by Gasteiger charge is -2.15. The summed E-state index contributed by atoms with van der Waals surface area (Å²) in [6.45, 7) is 2.77. The van der Waals surface area contributed by atoms with Crippen LogP contribution in [0.2, 0.25) is 0 Å². The molecule has 1 aliphatic rings. The quantitative estimate of drug-likeness (QED) is 0.940. The van der Waals surface area contributed by atoms with E-state index in [0.29, 0.717) is 6.42 Å². The summed E-state index contributed by atoms with van der Waals surface area (Å²) >= 11 is 3.25. The third-order valence-corrected chi connectivity index (χ3v) is 5.72. The van der Waals surface area contributed by atoms with Crippen LogP contribution >= 0.6 is 22.7 Å². The van der Waals surface area contributed by atoms with Gasteiger partial charge >= 0.3 is 5.97 Å². The molecule has 0 bridgehead atoms. The molecule has 0 spiro atoms. The largest absolute Gasteiger partial charge is 0.481 e. The van der Waals surface area contributed by atoms with Gasteiger partial charge in [-0.25, -0.2) is 9.97 Å². The fourth-order valence-electron chi connectivity index (χ4n) is 2.38.